The Balaban J connectivity index is 1.25. The summed E-state index contributed by atoms with van der Waals surface area (Å²) in [5, 5.41) is 2.42. The molecule has 0 fully saturated rings. The van der Waals surface area contributed by atoms with Crippen LogP contribution in [-0.4, -0.2) is 4.98 Å². The van der Waals surface area contributed by atoms with Crippen LogP contribution in [0.15, 0.2) is 179 Å². The molecule has 9 rings (SSSR count). The number of halogens is 1. The van der Waals surface area contributed by atoms with E-state index in [2.05, 4.69) is 171 Å². The first-order chi connectivity index (χ1) is 24.2. The predicted octanol–water partition coefficient (Wildman–Crippen LogP) is 13.6. The maximum absolute atomic E-state index is 6.18. The van der Waals surface area contributed by atoms with Gasteiger partial charge in [-0.3, -0.25) is 0 Å². The molecule has 6 heteroatoms. The van der Waals surface area contributed by atoms with Gasteiger partial charge in [0.1, 0.15) is 5.52 Å². The van der Waals surface area contributed by atoms with Gasteiger partial charge in [-0.25, -0.2) is 4.98 Å². The van der Waals surface area contributed by atoms with E-state index in [1.54, 1.807) is 0 Å². The molecule has 0 aliphatic rings. The number of para-hydroxylation sites is 5. The summed E-state index contributed by atoms with van der Waals surface area (Å²) in [5.41, 5.74) is 9.01. The van der Waals surface area contributed by atoms with Gasteiger partial charge in [0.15, 0.2) is 5.58 Å². The lowest BCUT2D eigenvalue weighted by Gasteiger charge is -2.27. The summed E-state index contributed by atoms with van der Waals surface area (Å²) in [6.45, 7) is 0. The molecule has 49 heavy (non-hydrogen) atoms. The van der Waals surface area contributed by atoms with E-state index in [4.69, 9.17) is 9.40 Å². The summed E-state index contributed by atoms with van der Waals surface area (Å²) in [5.74, 6) is 0.604. The largest absolute Gasteiger partial charge is 0.436 e. The first-order valence-corrected chi connectivity index (χ1v) is 17.7. The molecule has 4 nitrogen and oxygen atoms in total. The first kappa shape index (κ1) is 29.4. The fourth-order valence-corrected chi connectivity index (χ4v) is 8.28. The molecule has 0 amide bonds. The lowest BCUT2D eigenvalue weighted by Crippen LogP contribution is -2.10. The summed E-state index contributed by atoms with van der Waals surface area (Å²) in [4.78, 5) is 9.45. The Morgan fingerprint density at radius 2 is 1.12 bits per heavy atom. The molecule has 7 aromatic carbocycles. The zero-order valence-electron chi connectivity index (χ0n) is 26.2. The highest BCUT2D eigenvalue weighted by atomic mass is 79.9. The number of aromatic nitrogens is 1. The van der Waals surface area contributed by atoms with Gasteiger partial charge in [0, 0.05) is 58.6 Å². The number of fused-ring (bicyclic) bond motifs is 4. The fourth-order valence-electron chi connectivity index (χ4n) is 6.53. The summed E-state index contributed by atoms with van der Waals surface area (Å²) in [7, 11) is 0. The molecule has 0 bridgehead atoms. The van der Waals surface area contributed by atoms with E-state index in [9.17, 15) is 0 Å². The topological polar surface area (TPSA) is 32.5 Å². The van der Waals surface area contributed by atoms with Crippen LogP contribution in [0, 0.1) is 0 Å². The van der Waals surface area contributed by atoms with E-state index in [-0.39, 0.29) is 0 Å². The van der Waals surface area contributed by atoms with Crippen molar-refractivity contribution in [3.8, 4) is 11.5 Å². The molecule has 0 N–H and O–H groups in total. The number of rotatable bonds is 7. The number of hydrogen-bond acceptors (Lipinski definition) is 5. The maximum Gasteiger partial charge on any atom is 0.227 e. The number of oxazole rings is 1. The Kier molecular flexibility index (Phi) is 7.45. The van der Waals surface area contributed by atoms with E-state index in [1.165, 1.54) is 20.2 Å². The molecule has 0 aliphatic heterocycles. The normalized spacial score (nSPS) is 11.4. The van der Waals surface area contributed by atoms with Crippen LogP contribution in [0.5, 0.6) is 0 Å². The molecule has 0 saturated carbocycles. The van der Waals surface area contributed by atoms with Gasteiger partial charge in [0.2, 0.25) is 5.89 Å². The predicted molar refractivity (Wildman–Crippen MR) is 209 cm³/mol. The summed E-state index contributed by atoms with van der Waals surface area (Å²) in [6.07, 6.45) is 0. The zero-order chi connectivity index (χ0) is 32.7. The molecule has 2 heterocycles. The van der Waals surface area contributed by atoms with Gasteiger partial charge < -0.3 is 14.2 Å². The third-order valence-electron chi connectivity index (χ3n) is 8.69. The Labute approximate surface area is 296 Å². The summed E-state index contributed by atoms with van der Waals surface area (Å²) < 4.78 is 9.67. The maximum atomic E-state index is 6.18. The quantitative estimate of drug-likeness (QED) is 0.165. The highest BCUT2D eigenvalue weighted by Gasteiger charge is 2.21. The third kappa shape index (κ3) is 5.45. The Hall–Kier alpha value is -5.69. The van der Waals surface area contributed by atoms with Gasteiger partial charge in [0.25, 0.3) is 0 Å². The second-order valence-corrected chi connectivity index (χ2v) is 13.8. The molecule has 9 aromatic rings. The van der Waals surface area contributed by atoms with E-state index >= 15 is 0 Å². The molecule has 0 saturated heterocycles. The van der Waals surface area contributed by atoms with Crippen molar-refractivity contribution in [1.29, 1.82) is 0 Å². The number of benzene rings is 7. The highest BCUT2D eigenvalue weighted by Crippen LogP contribution is 2.48. The fraction of sp³-hybridized carbons (Fsp3) is 0. The highest BCUT2D eigenvalue weighted by molar-refractivity contribution is 9.10. The third-order valence-corrected chi connectivity index (χ3v) is 10.3. The van der Waals surface area contributed by atoms with Crippen LogP contribution in [0.4, 0.5) is 34.1 Å². The van der Waals surface area contributed by atoms with Crippen molar-refractivity contribution in [2.45, 2.75) is 0 Å². The van der Waals surface area contributed by atoms with Crippen LogP contribution in [0.1, 0.15) is 0 Å². The molecule has 0 aliphatic carbocycles. The first-order valence-electron chi connectivity index (χ1n) is 16.1. The minimum atomic E-state index is 0.604. The zero-order valence-corrected chi connectivity index (χ0v) is 28.6. The molecule has 234 valence electrons. The molecule has 2 aromatic heterocycles. The van der Waals surface area contributed by atoms with E-state index in [1.807, 2.05) is 35.6 Å². The van der Waals surface area contributed by atoms with Crippen molar-refractivity contribution in [2.24, 2.45) is 0 Å². The van der Waals surface area contributed by atoms with Gasteiger partial charge in [-0.05, 0) is 97.1 Å². The monoisotopic (exact) mass is 713 g/mol. The molecule has 0 atom stereocenters. The van der Waals surface area contributed by atoms with Crippen molar-refractivity contribution in [3.05, 3.63) is 174 Å². The minimum Gasteiger partial charge on any atom is -0.436 e. The lowest BCUT2D eigenvalue weighted by molar-refractivity contribution is 0.620. The second-order valence-electron chi connectivity index (χ2n) is 11.8. The van der Waals surface area contributed by atoms with Crippen molar-refractivity contribution >= 4 is 92.7 Å². The molecule has 0 spiro atoms. The number of nitrogens with zero attached hydrogens (tertiary/aromatic N) is 3. The minimum absolute atomic E-state index is 0.604. The van der Waals surface area contributed by atoms with Gasteiger partial charge >= 0.3 is 0 Å². The molecular weight excluding hydrogens is 686 g/mol. The summed E-state index contributed by atoms with van der Waals surface area (Å²) in [6, 6.07) is 59.3. The van der Waals surface area contributed by atoms with Crippen molar-refractivity contribution < 1.29 is 4.42 Å². The molecular formula is C43H28BrN3OS. The standard InChI is InChI=1S/C43H28BrN3OS/c44-30-26-38(47(32-16-6-2-7-17-32)33-18-8-3-9-19-33)42-36-28-35(23-24-40(36)49-41(42)27-30)46(31-14-4-1-5-15-31)34-20-12-13-29(25-34)43-45-37-21-10-11-22-39(37)48-43/h1-28H. The number of thiophene rings is 1. The van der Waals surface area contributed by atoms with E-state index in [0.29, 0.717) is 5.89 Å². The van der Waals surface area contributed by atoms with E-state index in [0.717, 1.165) is 55.3 Å². The lowest BCUT2D eigenvalue weighted by atomic mass is 10.1. The van der Waals surface area contributed by atoms with Crippen molar-refractivity contribution in [2.75, 3.05) is 9.80 Å². The smallest absolute Gasteiger partial charge is 0.227 e. The Morgan fingerprint density at radius 1 is 0.510 bits per heavy atom. The van der Waals surface area contributed by atoms with Crippen LogP contribution in [0.2, 0.25) is 0 Å². The van der Waals surface area contributed by atoms with Crippen molar-refractivity contribution in [1.82, 2.24) is 4.98 Å². The average molecular weight is 715 g/mol. The number of hydrogen-bond donors (Lipinski definition) is 0. The van der Waals surface area contributed by atoms with Crippen LogP contribution in [-0.2, 0) is 0 Å². The van der Waals surface area contributed by atoms with Gasteiger partial charge in [0.05, 0.1) is 5.69 Å². The van der Waals surface area contributed by atoms with Crippen LogP contribution in [0.3, 0.4) is 0 Å². The number of anilines is 6. The van der Waals surface area contributed by atoms with Gasteiger partial charge in [-0.1, -0.05) is 88.7 Å². The average Bonchev–Trinajstić information content (AvgIpc) is 3.75. The van der Waals surface area contributed by atoms with Crippen LogP contribution in [0.25, 0.3) is 42.7 Å². The van der Waals surface area contributed by atoms with Gasteiger partial charge in [-0.2, -0.15) is 0 Å². The van der Waals surface area contributed by atoms with E-state index < -0.39 is 0 Å². The van der Waals surface area contributed by atoms with Gasteiger partial charge in [-0.15, -0.1) is 11.3 Å². The molecule has 0 unspecified atom stereocenters. The molecule has 0 radical (unpaired) electrons. The summed E-state index contributed by atoms with van der Waals surface area (Å²) >= 11 is 5.66. The Bertz CT molecular complexity index is 2510. The SMILES string of the molecule is Brc1cc(N(c2ccccc2)c2ccccc2)c2c(c1)sc1ccc(N(c3ccccc3)c3cccc(-c4nc5ccccc5o4)c3)cc12. The van der Waals surface area contributed by atoms with Crippen molar-refractivity contribution in [3.63, 3.8) is 0 Å². The van der Waals surface area contributed by atoms with Crippen LogP contribution < -0.4 is 9.80 Å². The Morgan fingerprint density at radius 3 is 1.82 bits per heavy atom. The van der Waals surface area contributed by atoms with Crippen LogP contribution >= 0.6 is 27.3 Å². The second kappa shape index (κ2) is 12.4.